The molecule has 5 nitrogen and oxygen atoms in total. The minimum atomic E-state index is 0.0463. The predicted molar refractivity (Wildman–Crippen MR) is 66.5 cm³/mol. The quantitative estimate of drug-likeness (QED) is 0.628. The van der Waals surface area contributed by atoms with Crippen molar-refractivity contribution in [2.24, 2.45) is 0 Å². The summed E-state index contributed by atoms with van der Waals surface area (Å²) in [5.74, 6) is 0.0463. The van der Waals surface area contributed by atoms with Gasteiger partial charge in [-0.15, -0.1) is 0 Å². The van der Waals surface area contributed by atoms with Crippen molar-refractivity contribution in [2.45, 2.75) is 26.3 Å². The largest absolute Gasteiger partial charge is 0.383 e. The monoisotopic (exact) mass is 241 g/mol. The van der Waals surface area contributed by atoms with Gasteiger partial charge >= 0.3 is 0 Å². The lowest BCUT2D eigenvalue weighted by atomic mass is 10.3. The van der Waals surface area contributed by atoms with Gasteiger partial charge in [0.1, 0.15) is 0 Å². The van der Waals surface area contributed by atoms with E-state index in [0.29, 0.717) is 32.2 Å². The molecule has 0 fully saturated rings. The van der Waals surface area contributed by atoms with Crippen LogP contribution in [0.1, 0.15) is 20.3 Å². The van der Waals surface area contributed by atoms with Crippen molar-refractivity contribution in [3.05, 3.63) is 0 Å². The first kappa shape index (κ1) is 15.9. The normalized spacial score (nSPS) is 10.6. The Morgan fingerprint density at radius 2 is 2.06 bits per heavy atom. The van der Waals surface area contributed by atoms with E-state index >= 15 is 0 Å². The fourth-order valence-electron chi connectivity index (χ4n) is 1.37. The van der Waals surface area contributed by atoms with E-state index in [1.807, 2.05) is 6.07 Å². The Hall–Kier alpha value is -1.12. The third-order valence-electron chi connectivity index (χ3n) is 2.64. The Morgan fingerprint density at radius 3 is 2.53 bits per heavy atom. The lowest BCUT2D eigenvalue weighted by molar-refractivity contribution is -0.131. The molecular weight excluding hydrogens is 218 g/mol. The summed E-state index contributed by atoms with van der Waals surface area (Å²) in [5, 5.41) is 8.47. The zero-order valence-corrected chi connectivity index (χ0v) is 11.3. The summed E-state index contributed by atoms with van der Waals surface area (Å²) in [5.41, 5.74) is 0. The summed E-state index contributed by atoms with van der Waals surface area (Å²) in [4.78, 5) is 15.5. The highest BCUT2D eigenvalue weighted by Gasteiger charge is 2.16. The molecule has 0 aromatic carbocycles. The van der Waals surface area contributed by atoms with Crippen LogP contribution in [-0.4, -0.2) is 62.1 Å². The van der Waals surface area contributed by atoms with Crippen molar-refractivity contribution in [3.63, 3.8) is 0 Å². The summed E-state index contributed by atoms with van der Waals surface area (Å²) >= 11 is 0. The van der Waals surface area contributed by atoms with Gasteiger partial charge in [0.2, 0.25) is 5.91 Å². The predicted octanol–water partition coefficient (Wildman–Crippen LogP) is 0.715. The average Bonchev–Trinajstić information content (AvgIpc) is 2.30. The van der Waals surface area contributed by atoms with Gasteiger partial charge in [-0.25, -0.2) is 0 Å². The molecule has 0 spiro atoms. The molecule has 0 saturated heterocycles. The number of methoxy groups -OCH3 is 1. The van der Waals surface area contributed by atoms with Crippen LogP contribution in [0.5, 0.6) is 0 Å². The SMILES string of the molecule is COCCN(CC(=O)N(C)CCC#N)C(C)C. The highest BCUT2D eigenvalue weighted by atomic mass is 16.5. The second kappa shape index (κ2) is 8.97. The van der Waals surface area contributed by atoms with Crippen LogP contribution in [-0.2, 0) is 9.53 Å². The summed E-state index contributed by atoms with van der Waals surface area (Å²) < 4.78 is 5.02. The van der Waals surface area contributed by atoms with Crippen molar-refractivity contribution in [2.75, 3.05) is 40.4 Å². The van der Waals surface area contributed by atoms with E-state index in [2.05, 4.69) is 18.7 Å². The van der Waals surface area contributed by atoms with Crippen molar-refractivity contribution in [3.8, 4) is 6.07 Å². The second-order valence-electron chi connectivity index (χ2n) is 4.28. The smallest absolute Gasteiger partial charge is 0.236 e. The average molecular weight is 241 g/mol. The molecule has 0 aromatic heterocycles. The van der Waals surface area contributed by atoms with Crippen LogP contribution in [0.2, 0.25) is 0 Å². The lowest BCUT2D eigenvalue weighted by Crippen LogP contribution is -2.43. The molecule has 0 atom stereocenters. The summed E-state index contributed by atoms with van der Waals surface area (Å²) in [6, 6.07) is 2.34. The fraction of sp³-hybridized carbons (Fsp3) is 0.833. The van der Waals surface area contributed by atoms with E-state index in [0.717, 1.165) is 6.54 Å². The van der Waals surface area contributed by atoms with Crippen LogP contribution in [0, 0.1) is 11.3 Å². The van der Waals surface area contributed by atoms with Crippen LogP contribution >= 0.6 is 0 Å². The number of likely N-dealkylation sites (N-methyl/N-ethyl adjacent to an activating group) is 1. The van der Waals surface area contributed by atoms with Crippen molar-refractivity contribution < 1.29 is 9.53 Å². The molecule has 1 amide bonds. The molecule has 17 heavy (non-hydrogen) atoms. The van der Waals surface area contributed by atoms with E-state index in [-0.39, 0.29) is 5.91 Å². The standard InChI is InChI=1S/C12H23N3O2/c1-11(2)15(8-9-17-4)10-12(16)14(3)7-5-6-13/h11H,5,7-10H2,1-4H3. The number of hydrogen-bond acceptors (Lipinski definition) is 4. The molecule has 0 unspecified atom stereocenters. The maximum absolute atomic E-state index is 11.9. The van der Waals surface area contributed by atoms with Gasteiger partial charge in [0.05, 0.1) is 25.6 Å². The summed E-state index contributed by atoms with van der Waals surface area (Å²) in [6.07, 6.45) is 0.377. The number of amides is 1. The first-order valence-electron chi connectivity index (χ1n) is 5.86. The topological polar surface area (TPSA) is 56.6 Å². The third kappa shape index (κ3) is 6.93. The zero-order chi connectivity index (χ0) is 13.3. The molecule has 0 N–H and O–H groups in total. The first-order valence-corrected chi connectivity index (χ1v) is 5.86. The van der Waals surface area contributed by atoms with Crippen LogP contribution < -0.4 is 0 Å². The minimum absolute atomic E-state index is 0.0463. The third-order valence-corrected chi connectivity index (χ3v) is 2.64. The number of nitrogens with zero attached hydrogens (tertiary/aromatic N) is 3. The molecule has 0 aliphatic heterocycles. The van der Waals surface area contributed by atoms with E-state index in [1.54, 1.807) is 19.1 Å². The maximum Gasteiger partial charge on any atom is 0.236 e. The Labute approximate surface area is 104 Å². The highest BCUT2D eigenvalue weighted by Crippen LogP contribution is 2.00. The lowest BCUT2D eigenvalue weighted by Gasteiger charge is -2.27. The van der Waals surface area contributed by atoms with Gasteiger partial charge in [0, 0.05) is 33.3 Å². The van der Waals surface area contributed by atoms with E-state index < -0.39 is 0 Å². The van der Waals surface area contributed by atoms with Crippen molar-refractivity contribution in [1.29, 1.82) is 5.26 Å². The van der Waals surface area contributed by atoms with Gasteiger partial charge in [-0.3, -0.25) is 9.69 Å². The van der Waals surface area contributed by atoms with Gasteiger partial charge in [0.15, 0.2) is 0 Å². The fourth-order valence-corrected chi connectivity index (χ4v) is 1.37. The molecule has 0 rings (SSSR count). The zero-order valence-electron chi connectivity index (χ0n) is 11.3. The molecule has 0 aromatic rings. The molecule has 0 heterocycles. The number of rotatable bonds is 8. The van der Waals surface area contributed by atoms with Crippen LogP contribution in [0.4, 0.5) is 0 Å². The Balaban J connectivity index is 4.15. The number of carbonyl (C=O) groups is 1. The molecule has 0 aliphatic rings. The van der Waals surface area contributed by atoms with Crippen molar-refractivity contribution in [1.82, 2.24) is 9.80 Å². The van der Waals surface area contributed by atoms with Crippen LogP contribution in [0.25, 0.3) is 0 Å². The van der Waals surface area contributed by atoms with E-state index in [1.165, 1.54) is 0 Å². The Bertz CT molecular complexity index is 261. The minimum Gasteiger partial charge on any atom is -0.383 e. The van der Waals surface area contributed by atoms with Gasteiger partial charge in [-0.1, -0.05) is 0 Å². The summed E-state index contributed by atoms with van der Waals surface area (Å²) in [6.45, 7) is 6.34. The number of ether oxygens (including phenoxy) is 1. The number of carbonyl (C=O) groups excluding carboxylic acids is 1. The van der Waals surface area contributed by atoms with Crippen LogP contribution in [0.3, 0.4) is 0 Å². The second-order valence-corrected chi connectivity index (χ2v) is 4.28. The van der Waals surface area contributed by atoms with Gasteiger partial charge in [0.25, 0.3) is 0 Å². The van der Waals surface area contributed by atoms with Crippen LogP contribution in [0.15, 0.2) is 0 Å². The Kier molecular flexibility index (Phi) is 8.38. The van der Waals surface area contributed by atoms with Gasteiger partial charge in [-0.05, 0) is 13.8 Å². The molecule has 5 heteroatoms. The number of hydrogen-bond donors (Lipinski definition) is 0. The maximum atomic E-state index is 11.9. The van der Waals surface area contributed by atoms with E-state index in [4.69, 9.17) is 10.00 Å². The molecule has 98 valence electrons. The summed E-state index contributed by atoms with van der Waals surface area (Å²) in [7, 11) is 3.38. The van der Waals surface area contributed by atoms with Crippen molar-refractivity contribution >= 4 is 5.91 Å². The Morgan fingerprint density at radius 1 is 1.41 bits per heavy atom. The molecule has 0 radical (unpaired) electrons. The molecule has 0 bridgehead atoms. The molecule has 0 aliphatic carbocycles. The number of nitriles is 1. The molecular formula is C12H23N3O2. The van der Waals surface area contributed by atoms with E-state index in [9.17, 15) is 4.79 Å². The molecule has 0 saturated carbocycles. The van der Waals surface area contributed by atoms with Gasteiger partial charge in [-0.2, -0.15) is 5.26 Å². The van der Waals surface area contributed by atoms with Gasteiger partial charge < -0.3 is 9.64 Å². The highest BCUT2D eigenvalue weighted by molar-refractivity contribution is 5.78. The first-order chi connectivity index (χ1) is 8.02.